The number of likely N-dealkylation sites (N-methyl/N-ethyl adjacent to an activating group) is 1. The van der Waals surface area contributed by atoms with E-state index in [2.05, 4.69) is 0 Å². The molecule has 5 heteroatoms. The van der Waals surface area contributed by atoms with Gasteiger partial charge < -0.3 is 10.0 Å². The third-order valence-electron chi connectivity index (χ3n) is 2.98. The lowest BCUT2D eigenvalue weighted by Gasteiger charge is -2.23. The van der Waals surface area contributed by atoms with E-state index in [1.807, 2.05) is 31.2 Å². The lowest BCUT2D eigenvalue weighted by Crippen LogP contribution is -2.42. The highest BCUT2D eigenvalue weighted by Gasteiger charge is 2.24. The predicted molar refractivity (Wildman–Crippen MR) is 76.4 cm³/mol. The maximum absolute atomic E-state index is 12.0. The number of carbonyl (C=O) groups excluding carboxylic acids is 1. The molecule has 0 fully saturated rings. The fourth-order valence-electron chi connectivity index (χ4n) is 1.75. The first-order chi connectivity index (χ1) is 8.97. The van der Waals surface area contributed by atoms with Crippen LogP contribution in [-0.4, -0.2) is 40.7 Å². The maximum atomic E-state index is 12.0. The molecule has 4 nitrogen and oxygen atoms in total. The standard InChI is InChI=1S/C14H19NO3S/c1-4-11(14(17)18)15(3)13(16)9-19-12-8-6-5-7-10(12)2/h5-8,11H,4,9H2,1-3H3,(H,17,18). The van der Waals surface area contributed by atoms with Gasteiger partial charge in [0.05, 0.1) is 5.75 Å². The maximum Gasteiger partial charge on any atom is 0.326 e. The predicted octanol–water partition coefficient (Wildman–Crippen LogP) is 2.41. The molecule has 0 bridgehead atoms. The summed E-state index contributed by atoms with van der Waals surface area (Å²) in [5.41, 5.74) is 1.12. The average molecular weight is 281 g/mol. The topological polar surface area (TPSA) is 57.6 Å². The summed E-state index contributed by atoms with van der Waals surface area (Å²) >= 11 is 1.44. The molecule has 1 rings (SSSR count). The quantitative estimate of drug-likeness (QED) is 0.814. The number of benzene rings is 1. The summed E-state index contributed by atoms with van der Waals surface area (Å²) in [5.74, 6) is -0.868. The zero-order chi connectivity index (χ0) is 14.4. The molecule has 0 saturated heterocycles. The zero-order valence-corrected chi connectivity index (χ0v) is 12.2. The molecule has 1 aromatic carbocycles. The third kappa shape index (κ3) is 4.28. The van der Waals surface area contributed by atoms with Crippen LogP contribution in [0.4, 0.5) is 0 Å². The van der Waals surface area contributed by atoms with Gasteiger partial charge in [0.1, 0.15) is 6.04 Å². The summed E-state index contributed by atoms with van der Waals surface area (Å²) in [6.45, 7) is 3.75. The van der Waals surface area contributed by atoms with Gasteiger partial charge in [0.2, 0.25) is 5.91 Å². The average Bonchev–Trinajstić information content (AvgIpc) is 2.37. The van der Waals surface area contributed by atoms with Crippen molar-refractivity contribution in [3.05, 3.63) is 29.8 Å². The number of rotatable bonds is 6. The summed E-state index contributed by atoms with van der Waals surface area (Å²) in [5, 5.41) is 9.02. The van der Waals surface area contributed by atoms with Crippen LogP contribution in [0.3, 0.4) is 0 Å². The van der Waals surface area contributed by atoms with Crippen LogP contribution in [0.1, 0.15) is 18.9 Å². The molecule has 1 unspecified atom stereocenters. The largest absolute Gasteiger partial charge is 0.480 e. The SMILES string of the molecule is CCC(C(=O)O)N(C)C(=O)CSc1ccccc1C. The van der Waals surface area contributed by atoms with E-state index in [0.717, 1.165) is 10.5 Å². The van der Waals surface area contributed by atoms with Crippen molar-refractivity contribution in [1.29, 1.82) is 0 Å². The summed E-state index contributed by atoms with van der Waals surface area (Å²) in [6.07, 6.45) is 0.409. The van der Waals surface area contributed by atoms with Gasteiger partial charge in [-0.15, -0.1) is 11.8 Å². The second kappa shape index (κ2) is 7.19. The Morgan fingerprint density at radius 3 is 2.53 bits per heavy atom. The van der Waals surface area contributed by atoms with Crippen LogP contribution < -0.4 is 0 Å². The van der Waals surface area contributed by atoms with E-state index in [1.54, 1.807) is 14.0 Å². The summed E-state index contributed by atoms with van der Waals surface area (Å²) in [4.78, 5) is 25.3. The van der Waals surface area contributed by atoms with Gasteiger partial charge in [-0.2, -0.15) is 0 Å². The van der Waals surface area contributed by atoms with Gasteiger partial charge in [-0.3, -0.25) is 4.79 Å². The van der Waals surface area contributed by atoms with Crippen molar-refractivity contribution in [3.63, 3.8) is 0 Å². The van der Waals surface area contributed by atoms with Crippen molar-refractivity contribution in [2.45, 2.75) is 31.2 Å². The summed E-state index contributed by atoms with van der Waals surface area (Å²) in [7, 11) is 1.54. The number of carboxylic acid groups (broad SMARTS) is 1. The highest BCUT2D eigenvalue weighted by molar-refractivity contribution is 8.00. The minimum Gasteiger partial charge on any atom is -0.480 e. The molecule has 0 saturated carbocycles. The molecule has 104 valence electrons. The number of amides is 1. The molecule has 0 heterocycles. The van der Waals surface area contributed by atoms with Crippen molar-refractivity contribution in [2.24, 2.45) is 0 Å². The molecular formula is C14H19NO3S. The van der Waals surface area contributed by atoms with E-state index < -0.39 is 12.0 Å². The Balaban J connectivity index is 2.60. The van der Waals surface area contributed by atoms with Crippen LogP contribution in [-0.2, 0) is 9.59 Å². The number of carboxylic acids is 1. The molecule has 0 radical (unpaired) electrons. The van der Waals surface area contributed by atoms with E-state index in [4.69, 9.17) is 5.11 Å². The number of nitrogens with zero attached hydrogens (tertiary/aromatic N) is 1. The van der Waals surface area contributed by atoms with E-state index in [-0.39, 0.29) is 11.7 Å². The summed E-state index contributed by atoms with van der Waals surface area (Å²) < 4.78 is 0. The lowest BCUT2D eigenvalue weighted by atomic mass is 10.2. The second-order valence-corrected chi connectivity index (χ2v) is 5.34. The Bertz CT molecular complexity index is 462. The first-order valence-electron chi connectivity index (χ1n) is 6.14. The van der Waals surface area contributed by atoms with Gasteiger partial charge in [-0.1, -0.05) is 25.1 Å². The van der Waals surface area contributed by atoms with Gasteiger partial charge >= 0.3 is 5.97 Å². The van der Waals surface area contributed by atoms with Crippen molar-refractivity contribution in [2.75, 3.05) is 12.8 Å². The van der Waals surface area contributed by atoms with Crippen molar-refractivity contribution in [1.82, 2.24) is 4.90 Å². The number of aryl methyl sites for hydroxylation is 1. The van der Waals surface area contributed by atoms with Crippen molar-refractivity contribution >= 4 is 23.6 Å². The third-order valence-corrected chi connectivity index (χ3v) is 4.14. The molecule has 1 amide bonds. The number of thioether (sulfide) groups is 1. The zero-order valence-electron chi connectivity index (χ0n) is 11.4. The molecule has 1 atom stereocenters. The van der Waals surface area contributed by atoms with Gasteiger partial charge in [-0.25, -0.2) is 4.79 Å². The lowest BCUT2D eigenvalue weighted by molar-refractivity contribution is -0.148. The van der Waals surface area contributed by atoms with Crippen molar-refractivity contribution < 1.29 is 14.7 Å². The monoisotopic (exact) mass is 281 g/mol. The Morgan fingerprint density at radius 2 is 2.00 bits per heavy atom. The number of hydrogen-bond donors (Lipinski definition) is 1. The molecule has 0 spiro atoms. The fraction of sp³-hybridized carbons (Fsp3) is 0.429. The summed E-state index contributed by atoms with van der Waals surface area (Å²) in [6, 6.07) is 7.08. The molecule has 0 aliphatic heterocycles. The van der Waals surface area contributed by atoms with Crippen molar-refractivity contribution in [3.8, 4) is 0 Å². The van der Waals surface area contributed by atoms with Crippen LogP contribution in [0.5, 0.6) is 0 Å². The van der Waals surface area contributed by atoms with Gasteiger partial charge in [-0.05, 0) is 25.0 Å². The molecular weight excluding hydrogens is 262 g/mol. The molecule has 0 aliphatic carbocycles. The normalized spacial score (nSPS) is 11.9. The number of carbonyl (C=O) groups is 2. The second-order valence-electron chi connectivity index (χ2n) is 4.32. The Labute approximate surface area is 117 Å². The minimum absolute atomic E-state index is 0.164. The van der Waals surface area contributed by atoms with E-state index in [9.17, 15) is 9.59 Å². The first kappa shape index (κ1) is 15.6. The fourth-order valence-corrected chi connectivity index (χ4v) is 2.70. The van der Waals surface area contributed by atoms with Gasteiger partial charge in [0.25, 0.3) is 0 Å². The van der Waals surface area contributed by atoms with Crippen LogP contribution >= 0.6 is 11.8 Å². The minimum atomic E-state index is -0.959. The Kier molecular flexibility index (Phi) is 5.89. The highest BCUT2D eigenvalue weighted by atomic mass is 32.2. The van der Waals surface area contributed by atoms with Crippen LogP contribution in [0.25, 0.3) is 0 Å². The van der Waals surface area contributed by atoms with Gasteiger partial charge in [0, 0.05) is 11.9 Å². The van der Waals surface area contributed by atoms with E-state index in [0.29, 0.717) is 6.42 Å². The molecule has 19 heavy (non-hydrogen) atoms. The number of aliphatic carboxylic acids is 1. The van der Waals surface area contributed by atoms with Gasteiger partial charge in [0.15, 0.2) is 0 Å². The molecule has 1 N–H and O–H groups in total. The smallest absolute Gasteiger partial charge is 0.326 e. The number of hydrogen-bond acceptors (Lipinski definition) is 3. The van der Waals surface area contributed by atoms with Crippen LogP contribution in [0.2, 0.25) is 0 Å². The Morgan fingerprint density at radius 1 is 1.37 bits per heavy atom. The highest BCUT2D eigenvalue weighted by Crippen LogP contribution is 2.22. The van der Waals surface area contributed by atoms with E-state index in [1.165, 1.54) is 16.7 Å². The first-order valence-corrected chi connectivity index (χ1v) is 7.12. The van der Waals surface area contributed by atoms with Crippen LogP contribution in [0, 0.1) is 6.92 Å². The Hall–Kier alpha value is -1.49. The van der Waals surface area contributed by atoms with E-state index >= 15 is 0 Å². The van der Waals surface area contributed by atoms with Crippen LogP contribution in [0.15, 0.2) is 29.2 Å². The molecule has 0 aromatic heterocycles. The molecule has 0 aliphatic rings. The molecule has 1 aromatic rings.